The number of amides is 1. The molecule has 0 unspecified atom stereocenters. The minimum absolute atomic E-state index is 0.0938. The maximum Gasteiger partial charge on any atom is 0.227 e. The third-order valence-corrected chi connectivity index (χ3v) is 3.80. The summed E-state index contributed by atoms with van der Waals surface area (Å²) in [5.41, 5.74) is 0.881. The van der Waals surface area contributed by atoms with Crippen LogP contribution in [0.25, 0.3) is 11.4 Å². The van der Waals surface area contributed by atoms with Crippen molar-refractivity contribution in [3.05, 3.63) is 60.5 Å². The van der Waals surface area contributed by atoms with E-state index in [1.54, 1.807) is 13.2 Å². The Hall–Kier alpha value is -3.35. The van der Waals surface area contributed by atoms with Crippen molar-refractivity contribution in [2.75, 3.05) is 20.3 Å². The summed E-state index contributed by atoms with van der Waals surface area (Å²) in [5.74, 6) is 2.30. The Bertz CT molecular complexity index is 864. The van der Waals surface area contributed by atoms with E-state index < -0.39 is 0 Å². The fourth-order valence-corrected chi connectivity index (χ4v) is 2.42. The molecule has 1 N–H and O–H groups in total. The number of hydrogen-bond donors (Lipinski definition) is 1. The van der Waals surface area contributed by atoms with Crippen LogP contribution in [0.2, 0.25) is 0 Å². The molecular formula is C20H21N3O4. The molecule has 3 rings (SSSR count). The number of benzene rings is 2. The third kappa shape index (κ3) is 5.57. The van der Waals surface area contributed by atoms with Crippen molar-refractivity contribution in [3.8, 4) is 22.9 Å². The molecule has 140 valence electrons. The summed E-state index contributed by atoms with van der Waals surface area (Å²) in [5, 5.41) is 6.74. The van der Waals surface area contributed by atoms with Gasteiger partial charge in [-0.1, -0.05) is 41.6 Å². The maximum absolute atomic E-state index is 11.9. The summed E-state index contributed by atoms with van der Waals surface area (Å²) in [6, 6.07) is 16.9. The van der Waals surface area contributed by atoms with Gasteiger partial charge in [0, 0.05) is 24.5 Å². The number of rotatable bonds is 9. The van der Waals surface area contributed by atoms with Gasteiger partial charge in [0.2, 0.25) is 17.6 Å². The molecule has 27 heavy (non-hydrogen) atoms. The second-order valence-electron chi connectivity index (χ2n) is 5.76. The Morgan fingerprint density at radius 1 is 1.11 bits per heavy atom. The molecular weight excluding hydrogens is 346 g/mol. The van der Waals surface area contributed by atoms with Gasteiger partial charge in [-0.2, -0.15) is 4.98 Å². The monoisotopic (exact) mass is 367 g/mol. The van der Waals surface area contributed by atoms with Crippen LogP contribution in [0.15, 0.2) is 59.1 Å². The zero-order chi connectivity index (χ0) is 18.9. The summed E-state index contributed by atoms with van der Waals surface area (Å²) < 4.78 is 15.9. The minimum Gasteiger partial charge on any atom is -0.497 e. The fourth-order valence-electron chi connectivity index (χ4n) is 2.42. The maximum atomic E-state index is 11.9. The molecule has 0 bridgehead atoms. The van der Waals surface area contributed by atoms with Crippen LogP contribution < -0.4 is 14.8 Å². The van der Waals surface area contributed by atoms with Crippen LogP contribution in [0.1, 0.15) is 12.3 Å². The summed E-state index contributed by atoms with van der Waals surface area (Å²) >= 11 is 0. The number of aromatic nitrogens is 2. The Morgan fingerprint density at radius 2 is 1.93 bits per heavy atom. The highest BCUT2D eigenvalue weighted by Crippen LogP contribution is 2.18. The van der Waals surface area contributed by atoms with Gasteiger partial charge in [0.15, 0.2) is 0 Å². The van der Waals surface area contributed by atoms with Gasteiger partial charge >= 0.3 is 0 Å². The van der Waals surface area contributed by atoms with E-state index in [0.717, 1.165) is 11.3 Å². The van der Waals surface area contributed by atoms with E-state index >= 15 is 0 Å². The molecule has 0 radical (unpaired) electrons. The van der Waals surface area contributed by atoms with Crippen LogP contribution in [0.3, 0.4) is 0 Å². The van der Waals surface area contributed by atoms with Gasteiger partial charge in [-0.15, -0.1) is 0 Å². The molecule has 0 spiro atoms. The topological polar surface area (TPSA) is 86.5 Å². The molecule has 3 aromatic rings. The van der Waals surface area contributed by atoms with Gasteiger partial charge in [-0.3, -0.25) is 4.79 Å². The van der Waals surface area contributed by atoms with E-state index in [-0.39, 0.29) is 12.3 Å². The molecule has 0 saturated heterocycles. The number of hydrogen-bond acceptors (Lipinski definition) is 6. The fraction of sp³-hybridized carbons (Fsp3) is 0.250. The molecule has 0 saturated carbocycles. The normalized spacial score (nSPS) is 10.4. The van der Waals surface area contributed by atoms with Crippen molar-refractivity contribution in [2.45, 2.75) is 12.8 Å². The van der Waals surface area contributed by atoms with Crippen LogP contribution in [-0.2, 0) is 11.2 Å². The second-order valence-corrected chi connectivity index (χ2v) is 5.76. The van der Waals surface area contributed by atoms with Crippen molar-refractivity contribution in [1.82, 2.24) is 15.5 Å². The molecule has 0 aliphatic carbocycles. The van der Waals surface area contributed by atoms with E-state index in [0.29, 0.717) is 37.0 Å². The molecule has 7 heteroatoms. The van der Waals surface area contributed by atoms with Crippen molar-refractivity contribution in [3.63, 3.8) is 0 Å². The van der Waals surface area contributed by atoms with Crippen LogP contribution >= 0.6 is 0 Å². The zero-order valence-corrected chi connectivity index (χ0v) is 15.1. The number of nitrogens with one attached hydrogen (secondary N) is 1. The van der Waals surface area contributed by atoms with Gasteiger partial charge < -0.3 is 19.3 Å². The first-order chi connectivity index (χ1) is 13.2. The lowest BCUT2D eigenvalue weighted by Gasteiger charge is -2.08. The van der Waals surface area contributed by atoms with Crippen molar-refractivity contribution >= 4 is 5.91 Å². The average Bonchev–Trinajstić information content (AvgIpc) is 3.20. The van der Waals surface area contributed by atoms with Gasteiger partial charge in [-0.05, 0) is 12.1 Å². The summed E-state index contributed by atoms with van der Waals surface area (Å²) in [6.07, 6.45) is 0.665. The van der Waals surface area contributed by atoms with Gasteiger partial charge in [0.1, 0.15) is 18.1 Å². The molecule has 0 aliphatic heterocycles. The van der Waals surface area contributed by atoms with Crippen molar-refractivity contribution in [1.29, 1.82) is 0 Å². The van der Waals surface area contributed by atoms with Gasteiger partial charge in [-0.25, -0.2) is 0 Å². The van der Waals surface area contributed by atoms with E-state index in [4.69, 9.17) is 14.0 Å². The number of aryl methyl sites for hydroxylation is 1. The lowest BCUT2D eigenvalue weighted by molar-refractivity contribution is -0.121. The molecule has 1 heterocycles. The van der Waals surface area contributed by atoms with E-state index in [2.05, 4.69) is 15.5 Å². The Kier molecular flexibility index (Phi) is 6.40. The molecule has 0 aliphatic rings. The van der Waals surface area contributed by atoms with Crippen molar-refractivity contribution in [2.24, 2.45) is 0 Å². The summed E-state index contributed by atoms with van der Waals surface area (Å²) in [4.78, 5) is 16.2. The van der Waals surface area contributed by atoms with Crippen LogP contribution in [0, 0.1) is 0 Å². The quantitative estimate of drug-likeness (QED) is 0.585. The Morgan fingerprint density at radius 3 is 2.74 bits per heavy atom. The third-order valence-electron chi connectivity index (χ3n) is 3.80. The average molecular weight is 367 g/mol. The summed E-state index contributed by atoms with van der Waals surface area (Å²) in [6.45, 7) is 0.784. The van der Waals surface area contributed by atoms with E-state index in [1.165, 1.54) is 0 Å². The predicted octanol–water partition coefficient (Wildman–Crippen LogP) is 2.87. The van der Waals surface area contributed by atoms with Crippen molar-refractivity contribution < 1.29 is 18.8 Å². The Balaban J connectivity index is 1.37. The van der Waals surface area contributed by atoms with Gasteiger partial charge in [0.05, 0.1) is 13.7 Å². The standard InChI is InChI=1S/C20H21N3O4/c1-25-16-8-5-9-17(14-16)26-13-12-21-18(24)10-11-19-22-20(23-27-19)15-6-3-2-4-7-15/h2-9,14H,10-13H2,1H3,(H,21,24). The zero-order valence-electron chi connectivity index (χ0n) is 15.1. The number of carbonyl (C=O) groups excluding carboxylic acids is 1. The molecule has 0 atom stereocenters. The lowest BCUT2D eigenvalue weighted by Crippen LogP contribution is -2.28. The first-order valence-electron chi connectivity index (χ1n) is 8.66. The molecule has 2 aromatic carbocycles. The second kappa shape index (κ2) is 9.38. The first-order valence-corrected chi connectivity index (χ1v) is 8.66. The van der Waals surface area contributed by atoms with E-state index in [1.807, 2.05) is 48.5 Å². The number of nitrogens with zero attached hydrogens (tertiary/aromatic N) is 2. The number of carbonyl (C=O) groups is 1. The molecule has 1 amide bonds. The number of methoxy groups -OCH3 is 1. The summed E-state index contributed by atoms with van der Waals surface area (Å²) in [7, 11) is 1.60. The lowest BCUT2D eigenvalue weighted by atomic mass is 10.2. The highest BCUT2D eigenvalue weighted by molar-refractivity contribution is 5.76. The predicted molar refractivity (Wildman–Crippen MR) is 99.6 cm³/mol. The van der Waals surface area contributed by atoms with Gasteiger partial charge in [0.25, 0.3) is 0 Å². The van der Waals surface area contributed by atoms with Crippen LogP contribution in [0.5, 0.6) is 11.5 Å². The molecule has 1 aromatic heterocycles. The largest absolute Gasteiger partial charge is 0.497 e. The van der Waals surface area contributed by atoms with Crippen LogP contribution in [0.4, 0.5) is 0 Å². The molecule has 0 fully saturated rings. The first kappa shape index (κ1) is 18.4. The molecule has 7 nitrogen and oxygen atoms in total. The van der Waals surface area contributed by atoms with Crippen LogP contribution in [-0.4, -0.2) is 36.3 Å². The smallest absolute Gasteiger partial charge is 0.227 e. The Labute approximate surface area is 157 Å². The SMILES string of the molecule is COc1cccc(OCCNC(=O)CCc2nc(-c3ccccc3)no2)c1. The highest BCUT2D eigenvalue weighted by atomic mass is 16.5. The minimum atomic E-state index is -0.0938. The van der Waals surface area contributed by atoms with E-state index in [9.17, 15) is 4.79 Å². The highest BCUT2D eigenvalue weighted by Gasteiger charge is 2.10. The number of ether oxygens (including phenoxy) is 2.